The van der Waals surface area contributed by atoms with Gasteiger partial charge < -0.3 is 14.8 Å². The minimum absolute atomic E-state index is 0.452. The fourth-order valence-corrected chi connectivity index (χ4v) is 3.21. The van der Waals surface area contributed by atoms with Gasteiger partial charge in [0.15, 0.2) is 5.69 Å². The second kappa shape index (κ2) is 7.84. The first kappa shape index (κ1) is 17.6. The summed E-state index contributed by atoms with van der Waals surface area (Å²) < 4.78 is 12.2. The summed E-state index contributed by atoms with van der Waals surface area (Å²) in [6.45, 7) is 2.74. The van der Waals surface area contributed by atoms with Crippen LogP contribution >= 0.6 is 11.8 Å². The average Bonchev–Trinajstić information content (AvgIpc) is 2.88. The van der Waals surface area contributed by atoms with E-state index < -0.39 is 6.23 Å². The molecule has 27 heavy (non-hydrogen) atoms. The lowest BCUT2D eigenvalue weighted by molar-refractivity contribution is 0.215. The molecule has 138 valence electrons. The van der Waals surface area contributed by atoms with Gasteiger partial charge in [-0.05, 0) is 30.9 Å². The third kappa shape index (κ3) is 3.55. The van der Waals surface area contributed by atoms with E-state index in [0.29, 0.717) is 23.3 Å². The molecule has 1 aliphatic heterocycles. The Morgan fingerprint density at radius 2 is 1.93 bits per heavy atom. The van der Waals surface area contributed by atoms with Gasteiger partial charge in [-0.25, -0.2) is 0 Å². The van der Waals surface area contributed by atoms with Crippen molar-refractivity contribution in [3.05, 3.63) is 54.1 Å². The van der Waals surface area contributed by atoms with E-state index >= 15 is 0 Å². The standard InChI is InChI=1S/C20H20N4O2S/c1-3-12-25-16-11-7-5-9-14(16)18-21-15-10-6-4-8-13(15)17-19(26-18)22-20(27-2)24-23-17/h4-11,18,21H,3,12H2,1-2H3/t18-/m1/s1. The Balaban J connectivity index is 1.81. The first-order valence-corrected chi connectivity index (χ1v) is 10.1. The van der Waals surface area contributed by atoms with Crippen LogP contribution in [-0.4, -0.2) is 28.0 Å². The Morgan fingerprint density at radius 1 is 1.11 bits per heavy atom. The zero-order valence-electron chi connectivity index (χ0n) is 15.2. The smallest absolute Gasteiger partial charge is 0.247 e. The number of benzene rings is 2. The zero-order chi connectivity index (χ0) is 18.6. The van der Waals surface area contributed by atoms with Crippen LogP contribution < -0.4 is 14.8 Å². The molecule has 0 fully saturated rings. The van der Waals surface area contributed by atoms with Crippen LogP contribution in [-0.2, 0) is 0 Å². The lowest BCUT2D eigenvalue weighted by atomic mass is 10.1. The highest BCUT2D eigenvalue weighted by Crippen LogP contribution is 2.40. The summed E-state index contributed by atoms with van der Waals surface area (Å²) in [5.41, 5.74) is 3.37. The van der Waals surface area contributed by atoms with E-state index in [2.05, 4.69) is 27.4 Å². The fourth-order valence-electron chi connectivity index (χ4n) is 2.92. The summed E-state index contributed by atoms with van der Waals surface area (Å²) in [4.78, 5) is 4.54. The van der Waals surface area contributed by atoms with Crippen LogP contribution in [0.5, 0.6) is 11.6 Å². The van der Waals surface area contributed by atoms with Crippen molar-refractivity contribution in [2.24, 2.45) is 0 Å². The van der Waals surface area contributed by atoms with Gasteiger partial charge in [-0.2, -0.15) is 4.98 Å². The van der Waals surface area contributed by atoms with Gasteiger partial charge in [0.05, 0.1) is 12.2 Å². The monoisotopic (exact) mass is 380 g/mol. The summed E-state index contributed by atoms with van der Waals surface area (Å²) >= 11 is 1.43. The van der Waals surface area contributed by atoms with Crippen molar-refractivity contribution in [2.75, 3.05) is 18.2 Å². The first-order chi connectivity index (χ1) is 13.3. The number of thioether (sulfide) groups is 1. The predicted molar refractivity (Wildman–Crippen MR) is 106 cm³/mol. The molecule has 0 spiro atoms. The highest BCUT2D eigenvalue weighted by atomic mass is 32.2. The summed E-state index contributed by atoms with van der Waals surface area (Å²) in [6.07, 6.45) is 2.40. The van der Waals surface area contributed by atoms with Crippen LogP contribution in [0.4, 0.5) is 5.69 Å². The van der Waals surface area contributed by atoms with Gasteiger partial charge in [-0.1, -0.05) is 49.0 Å². The number of nitrogens with zero attached hydrogens (tertiary/aromatic N) is 3. The van der Waals surface area contributed by atoms with Crippen LogP contribution in [0.25, 0.3) is 11.3 Å². The van der Waals surface area contributed by atoms with E-state index in [1.807, 2.05) is 54.8 Å². The maximum atomic E-state index is 6.27. The number of hydrogen-bond donors (Lipinski definition) is 1. The van der Waals surface area contributed by atoms with Gasteiger partial charge >= 0.3 is 0 Å². The number of nitrogens with one attached hydrogen (secondary N) is 1. The average molecular weight is 380 g/mol. The van der Waals surface area contributed by atoms with E-state index in [1.54, 1.807) is 0 Å². The Kier molecular flexibility index (Phi) is 5.11. The molecule has 0 amide bonds. The lowest BCUT2D eigenvalue weighted by Crippen LogP contribution is -2.18. The molecule has 0 saturated heterocycles. The Labute approximate surface area is 162 Å². The van der Waals surface area contributed by atoms with Gasteiger partial charge in [0.25, 0.3) is 0 Å². The number of hydrogen-bond acceptors (Lipinski definition) is 7. The fraction of sp³-hybridized carbons (Fsp3) is 0.250. The minimum atomic E-state index is -0.452. The molecule has 0 bridgehead atoms. The van der Waals surface area contributed by atoms with E-state index in [1.165, 1.54) is 11.8 Å². The molecule has 2 heterocycles. The molecule has 0 unspecified atom stereocenters. The quantitative estimate of drug-likeness (QED) is 0.651. The van der Waals surface area contributed by atoms with Gasteiger partial charge in [-0.15, -0.1) is 10.2 Å². The number of rotatable bonds is 5. The van der Waals surface area contributed by atoms with Gasteiger partial charge in [-0.3, -0.25) is 0 Å². The van der Waals surface area contributed by atoms with Crippen molar-refractivity contribution in [3.8, 4) is 22.9 Å². The second-order valence-corrected chi connectivity index (χ2v) is 6.80. The van der Waals surface area contributed by atoms with E-state index in [0.717, 1.165) is 29.0 Å². The van der Waals surface area contributed by atoms with Crippen molar-refractivity contribution in [2.45, 2.75) is 24.7 Å². The number of para-hydroxylation sites is 2. The first-order valence-electron chi connectivity index (χ1n) is 8.83. The Hall–Kier alpha value is -2.80. The maximum absolute atomic E-state index is 6.27. The SMILES string of the molecule is CCCOc1ccccc1[C@@H]1Nc2ccccc2-c2nnc(SC)nc2O1. The zero-order valence-corrected chi connectivity index (χ0v) is 16.0. The molecule has 1 aliphatic rings. The molecule has 6 nitrogen and oxygen atoms in total. The molecular formula is C20H20N4O2S. The molecule has 2 aromatic carbocycles. The van der Waals surface area contributed by atoms with Crippen molar-refractivity contribution >= 4 is 17.4 Å². The molecule has 7 heteroatoms. The van der Waals surface area contributed by atoms with Crippen LogP contribution in [0, 0.1) is 0 Å². The van der Waals surface area contributed by atoms with E-state index in [-0.39, 0.29) is 0 Å². The number of anilines is 1. The van der Waals surface area contributed by atoms with Crippen molar-refractivity contribution < 1.29 is 9.47 Å². The molecule has 1 aromatic heterocycles. The molecule has 0 saturated carbocycles. The molecule has 4 rings (SSSR count). The van der Waals surface area contributed by atoms with Gasteiger partial charge in [0, 0.05) is 11.3 Å². The topological polar surface area (TPSA) is 69.2 Å². The van der Waals surface area contributed by atoms with E-state index in [9.17, 15) is 0 Å². The number of aromatic nitrogens is 3. The Bertz CT molecular complexity index is 951. The highest BCUT2D eigenvalue weighted by molar-refractivity contribution is 7.98. The third-order valence-electron chi connectivity index (χ3n) is 4.18. The summed E-state index contributed by atoms with van der Waals surface area (Å²) in [5, 5.41) is 12.6. The number of ether oxygens (including phenoxy) is 2. The predicted octanol–water partition coefficient (Wildman–Crippen LogP) is 4.55. The van der Waals surface area contributed by atoms with Crippen LogP contribution in [0.1, 0.15) is 25.1 Å². The van der Waals surface area contributed by atoms with Crippen LogP contribution in [0.15, 0.2) is 53.7 Å². The normalized spacial score (nSPS) is 15.0. The Morgan fingerprint density at radius 3 is 2.78 bits per heavy atom. The summed E-state index contributed by atoms with van der Waals surface area (Å²) in [5.74, 6) is 1.26. The number of fused-ring (bicyclic) bond motifs is 3. The molecule has 1 atom stereocenters. The van der Waals surface area contributed by atoms with Crippen LogP contribution in [0.2, 0.25) is 0 Å². The van der Waals surface area contributed by atoms with E-state index in [4.69, 9.17) is 9.47 Å². The van der Waals surface area contributed by atoms with Crippen molar-refractivity contribution in [1.29, 1.82) is 0 Å². The highest BCUT2D eigenvalue weighted by Gasteiger charge is 2.27. The van der Waals surface area contributed by atoms with Gasteiger partial charge in [0.2, 0.25) is 17.3 Å². The summed E-state index contributed by atoms with van der Waals surface area (Å²) in [7, 11) is 0. The lowest BCUT2D eigenvalue weighted by Gasteiger charge is -2.21. The van der Waals surface area contributed by atoms with Crippen LogP contribution in [0.3, 0.4) is 0 Å². The van der Waals surface area contributed by atoms with Crippen molar-refractivity contribution in [3.63, 3.8) is 0 Å². The maximum Gasteiger partial charge on any atom is 0.247 e. The molecular weight excluding hydrogens is 360 g/mol. The molecule has 1 N–H and O–H groups in total. The van der Waals surface area contributed by atoms with Gasteiger partial charge in [0.1, 0.15) is 5.75 Å². The van der Waals surface area contributed by atoms with Crippen molar-refractivity contribution in [1.82, 2.24) is 15.2 Å². The molecule has 0 radical (unpaired) electrons. The second-order valence-electron chi connectivity index (χ2n) is 6.03. The minimum Gasteiger partial charge on any atom is -0.493 e. The summed E-state index contributed by atoms with van der Waals surface area (Å²) in [6, 6.07) is 15.8. The largest absolute Gasteiger partial charge is 0.493 e. The third-order valence-corrected chi connectivity index (χ3v) is 4.72. The molecule has 0 aliphatic carbocycles. The molecule has 3 aromatic rings.